The van der Waals surface area contributed by atoms with Crippen LogP contribution in [-0.4, -0.2) is 28.0 Å². The van der Waals surface area contributed by atoms with E-state index in [1.165, 1.54) is 36.2 Å². The molecule has 0 N–H and O–H groups in total. The number of aromatic nitrogens is 3. The summed E-state index contributed by atoms with van der Waals surface area (Å²) in [4.78, 5) is 16.7. The Morgan fingerprint density at radius 3 is 2.57 bits per heavy atom. The summed E-state index contributed by atoms with van der Waals surface area (Å²) in [5.41, 5.74) is 2.26. The molecule has 3 aromatic rings. The van der Waals surface area contributed by atoms with Crippen molar-refractivity contribution in [1.29, 1.82) is 0 Å². The number of halogens is 3. The van der Waals surface area contributed by atoms with E-state index in [1.54, 1.807) is 6.07 Å². The molecule has 8 heteroatoms. The largest absolute Gasteiger partial charge is 0.416 e. The molecule has 3 heterocycles. The molecular weight excluding hydrogens is 409 g/mol. The molecule has 0 atom stereocenters. The van der Waals surface area contributed by atoms with Crippen LogP contribution in [0.25, 0.3) is 21.8 Å². The fraction of sp³-hybridized carbons (Fsp3) is 0.409. The summed E-state index contributed by atoms with van der Waals surface area (Å²) in [6.07, 6.45) is 4.56. The van der Waals surface area contributed by atoms with E-state index in [4.69, 9.17) is 4.98 Å². The highest BCUT2D eigenvalue weighted by Crippen LogP contribution is 2.48. The Labute approximate surface area is 176 Å². The van der Waals surface area contributed by atoms with E-state index >= 15 is 0 Å². The Morgan fingerprint density at radius 2 is 1.83 bits per heavy atom. The molecule has 0 radical (unpaired) electrons. The quantitative estimate of drug-likeness (QED) is 0.498. The molecule has 5 rings (SSSR count). The molecule has 30 heavy (non-hydrogen) atoms. The molecule has 1 aliphatic heterocycles. The minimum Gasteiger partial charge on any atom is -0.348 e. The van der Waals surface area contributed by atoms with Gasteiger partial charge in [0, 0.05) is 30.4 Å². The number of nitrogens with zero attached hydrogens (tertiary/aromatic N) is 4. The van der Waals surface area contributed by atoms with Crippen LogP contribution in [0.4, 0.5) is 18.3 Å². The van der Waals surface area contributed by atoms with Crippen molar-refractivity contribution < 1.29 is 13.2 Å². The third-order valence-electron chi connectivity index (χ3n) is 5.68. The molecule has 1 aromatic carbocycles. The maximum absolute atomic E-state index is 13.3. The summed E-state index contributed by atoms with van der Waals surface area (Å²) in [5, 5.41) is 0.859. The van der Waals surface area contributed by atoms with Crippen LogP contribution in [0.1, 0.15) is 49.1 Å². The summed E-state index contributed by atoms with van der Waals surface area (Å²) < 4.78 is 40.0. The maximum atomic E-state index is 13.3. The van der Waals surface area contributed by atoms with E-state index < -0.39 is 11.7 Å². The average Bonchev–Trinajstić information content (AvgIpc) is 3.52. The van der Waals surface area contributed by atoms with Crippen molar-refractivity contribution in [3.8, 4) is 21.8 Å². The SMILES string of the molecule is FC(F)(F)c1cccc(-c2nc(N3CCCCC3)sc2-c2ncncc2C2CC2)c1. The molecule has 4 nitrogen and oxygen atoms in total. The van der Waals surface area contributed by atoms with Gasteiger partial charge < -0.3 is 4.90 Å². The summed E-state index contributed by atoms with van der Waals surface area (Å²) in [7, 11) is 0. The number of rotatable bonds is 4. The van der Waals surface area contributed by atoms with Gasteiger partial charge in [-0.1, -0.05) is 23.5 Å². The van der Waals surface area contributed by atoms with E-state index in [-0.39, 0.29) is 0 Å². The summed E-state index contributed by atoms with van der Waals surface area (Å²) >= 11 is 1.53. The zero-order valence-electron chi connectivity index (χ0n) is 16.3. The lowest BCUT2D eigenvalue weighted by atomic mass is 10.0. The Hall–Kier alpha value is -2.48. The van der Waals surface area contributed by atoms with Gasteiger partial charge in [0.15, 0.2) is 5.13 Å². The Bertz CT molecular complexity index is 1050. The lowest BCUT2D eigenvalue weighted by molar-refractivity contribution is -0.137. The van der Waals surface area contributed by atoms with Crippen LogP contribution in [0, 0.1) is 0 Å². The minimum atomic E-state index is -4.39. The summed E-state index contributed by atoms with van der Waals surface area (Å²) in [5.74, 6) is 0.427. The smallest absolute Gasteiger partial charge is 0.348 e. The van der Waals surface area contributed by atoms with Crippen LogP contribution < -0.4 is 4.90 Å². The van der Waals surface area contributed by atoms with Crippen molar-refractivity contribution in [2.75, 3.05) is 18.0 Å². The standard InChI is InChI=1S/C22H21F3N4S/c23-22(24,25)16-6-4-5-15(11-16)18-20(19-17(14-7-8-14)12-26-13-27-19)30-21(28-18)29-9-2-1-3-10-29/h4-6,11-14H,1-3,7-10H2. The van der Waals surface area contributed by atoms with Gasteiger partial charge in [0.1, 0.15) is 6.33 Å². The van der Waals surface area contributed by atoms with Gasteiger partial charge in [-0.15, -0.1) is 0 Å². The van der Waals surface area contributed by atoms with Gasteiger partial charge >= 0.3 is 6.18 Å². The molecule has 2 aliphatic rings. The van der Waals surface area contributed by atoms with Crippen molar-refractivity contribution in [2.45, 2.75) is 44.2 Å². The first-order valence-electron chi connectivity index (χ1n) is 10.2. The second kappa shape index (κ2) is 7.65. The third kappa shape index (κ3) is 3.80. The lowest BCUT2D eigenvalue weighted by Crippen LogP contribution is -2.29. The van der Waals surface area contributed by atoms with Gasteiger partial charge in [0.25, 0.3) is 0 Å². The number of benzene rings is 1. The van der Waals surface area contributed by atoms with Crippen LogP contribution in [0.2, 0.25) is 0 Å². The molecule has 1 saturated heterocycles. The highest BCUT2D eigenvalue weighted by molar-refractivity contribution is 7.19. The zero-order chi connectivity index (χ0) is 20.7. The van der Waals surface area contributed by atoms with Gasteiger partial charge in [0.05, 0.1) is 21.8 Å². The molecule has 2 fully saturated rings. The molecule has 1 aliphatic carbocycles. The summed E-state index contributed by atoms with van der Waals surface area (Å²) in [6, 6.07) is 5.44. The topological polar surface area (TPSA) is 41.9 Å². The lowest BCUT2D eigenvalue weighted by Gasteiger charge is -2.25. The normalized spacial score (nSPS) is 17.4. The van der Waals surface area contributed by atoms with E-state index in [0.29, 0.717) is 17.2 Å². The second-order valence-electron chi connectivity index (χ2n) is 7.90. The minimum absolute atomic E-state index is 0.427. The van der Waals surface area contributed by atoms with Gasteiger partial charge in [-0.25, -0.2) is 15.0 Å². The van der Waals surface area contributed by atoms with Crippen molar-refractivity contribution in [3.05, 3.63) is 47.9 Å². The summed E-state index contributed by atoms with van der Waals surface area (Å²) in [6.45, 7) is 1.85. The highest BCUT2D eigenvalue weighted by Gasteiger charge is 2.33. The predicted molar refractivity (Wildman–Crippen MR) is 112 cm³/mol. The number of thiazole rings is 1. The van der Waals surface area contributed by atoms with Crippen LogP contribution in [0.5, 0.6) is 0 Å². The van der Waals surface area contributed by atoms with Crippen LogP contribution >= 0.6 is 11.3 Å². The molecule has 1 saturated carbocycles. The first-order valence-corrected chi connectivity index (χ1v) is 11.1. The molecule has 0 bridgehead atoms. The number of anilines is 1. The molecule has 156 valence electrons. The highest BCUT2D eigenvalue weighted by atomic mass is 32.1. The van der Waals surface area contributed by atoms with Crippen molar-refractivity contribution in [1.82, 2.24) is 15.0 Å². The Balaban J connectivity index is 1.65. The second-order valence-corrected chi connectivity index (χ2v) is 8.88. The average molecular weight is 430 g/mol. The van der Waals surface area contributed by atoms with Gasteiger partial charge in [-0.05, 0) is 50.2 Å². The molecular formula is C22H21F3N4S. The van der Waals surface area contributed by atoms with Crippen molar-refractivity contribution in [2.24, 2.45) is 0 Å². The Kier molecular flexibility index (Phi) is 4.97. The van der Waals surface area contributed by atoms with Crippen LogP contribution in [0.15, 0.2) is 36.8 Å². The van der Waals surface area contributed by atoms with Crippen LogP contribution in [-0.2, 0) is 6.18 Å². The fourth-order valence-electron chi connectivity index (χ4n) is 3.95. The maximum Gasteiger partial charge on any atom is 0.416 e. The number of alkyl halides is 3. The van der Waals surface area contributed by atoms with E-state index in [2.05, 4.69) is 14.9 Å². The van der Waals surface area contributed by atoms with Gasteiger partial charge in [-0.3, -0.25) is 0 Å². The molecule has 0 amide bonds. The number of piperidine rings is 1. The number of hydrogen-bond donors (Lipinski definition) is 0. The van der Waals surface area contributed by atoms with E-state index in [0.717, 1.165) is 66.1 Å². The van der Waals surface area contributed by atoms with Crippen molar-refractivity contribution >= 4 is 16.5 Å². The number of hydrogen-bond acceptors (Lipinski definition) is 5. The predicted octanol–water partition coefficient (Wildman–Crippen LogP) is 6.15. The molecule has 0 unspecified atom stereocenters. The van der Waals surface area contributed by atoms with E-state index in [9.17, 15) is 13.2 Å². The first-order chi connectivity index (χ1) is 14.5. The van der Waals surface area contributed by atoms with E-state index in [1.807, 2.05) is 6.20 Å². The van der Waals surface area contributed by atoms with Gasteiger partial charge in [0.2, 0.25) is 0 Å². The zero-order valence-corrected chi connectivity index (χ0v) is 17.1. The van der Waals surface area contributed by atoms with Gasteiger partial charge in [-0.2, -0.15) is 13.2 Å². The molecule has 2 aromatic heterocycles. The fourth-order valence-corrected chi connectivity index (χ4v) is 5.11. The molecule has 0 spiro atoms. The third-order valence-corrected chi connectivity index (χ3v) is 6.80. The van der Waals surface area contributed by atoms with Crippen molar-refractivity contribution in [3.63, 3.8) is 0 Å². The van der Waals surface area contributed by atoms with Crippen LogP contribution in [0.3, 0.4) is 0 Å². The monoisotopic (exact) mass is 430 g/mol. The first kappa shape index (κ1) is 19.5. The Morgan fingerprint density at radius 1 is 1.03 bits per heavy atom.